The fourth-order valence-corrected chi connectivity index (χ4v) is 4.91. The highest BCUT2D eigenvalue weighted by molar-refractivity contribution is 7.89. The molecule has 1 aromatic rings. The lowest BCUT2D eigenvalue weighted by Gasteiger charge is -2.33. The van der Waals surface area contributed by atoms with Gasteiger partial charge in [0, 0.05) is 44.8 Å². The molecule has 1 atom stereocenters. The van der Waals surface area contributed by atoms with Crippen molar-refractivity contribution in [3.8, 4) is 0 Å². The van der Waals surface area contributed by atoms with Gasteiger partial charge in [0.15, 0.2) is 0 Å². The van der Waals surface area contributed by atoms with Crippen LogP contribution in [0.25, 0.3) is 0 Å². The number of hydrogen-bond donors (Lipinski definition) is 1. The Morgan fingerprint density at radius 3 is 2.68 bits per heavy atom. The molecule has 0 radical (unpaired) electrons. The van der Waals surface area contributed by atoms with Gasteiger partial charge in [0.1, 0.15) is 0 Å². The zero-order valence-corrected chi connectivity index (χ0v) is 18.2. The van der Waals surface area contributed by atoms with Gasteiger partial charge in [0.25, 0.3) is 5.91 Å². The van der Waals surface area contributed by atoms with Crippen LogP contribution < -0.4 is 5.32 Å². The molecule has 0 bridgehead atoms. The normalized spacial score (nSPS) is 18.6. The highest BCUT2D eigenvalue weighted by Gasteiger charge is 2.24. The van der Waals surface area contributed by atoms with E-state index in [0.717, 1.165) is 19.6 Å². The first kappa shape index (κ1) is 22.8. The maximum atomic E-state index is 12.7. The second-order valence-electron chi connectivity index (χ2n) is 7.47. The lowest BCUT2D eigenvalue weighted by Crippen LogP contribution is -2.48. The zero-order chi connectivity index (χ0) is 20.7. The largest absolute Gasteiger partial charge is 0.374 e. The van der Waals surface area contributed by atoms with E-state index in [-0.39, 0.29) is 16.9 Å². The number of nitrogens with zero attached hydrogens (tertiary/aromatic N) is 2. The third-order valence-electron chi connectivity index (χ3n) is 4.78. The molecule has 0 aliphatic carbocycles. The second-order valence-corrected chi connectivity index (χ2v) is 9.41. The number of morpholine rings is 1. The molecule has 0 saturated carbocycles. The van der Waals surface area contributed by atoms with E-state index in [1.807, 2.05) is 0 Å². The van der Waals surface area contributed by atoms with Gasteiger partial charge in [0.05, 0.1) is 17.6 Å². The van der Waals surface area contributed by atoms with Gasteiger partial charge in [-0.3, -0.25) is 9.69 Å². The second kappa shape index (κ2) is 10.3. The average Bonchev–Trinajstić information content (AvgIpc) is 2.66. The zero-order valence-electron chi connectivity index (χ0n) is 17.3. The minimum atomic E-state index is -3.59. The SMILES string of the molecule is CCN(CC)S(=O)(=O)c1cccc(C(=O)NC[C@@H]2CN(CC(C)C)CCO2)c1. The lowest BCUT2D eigenvalue weighted by atomic mass is 10.1. The Bertz CT molecular complexity index is 748. The number of amides is 1. The number of ether oxygens (including phenoxy) is 1. The molecule has 1 aliphatic rings. The molecule has 2 rings (SSSR count). The first-order valence-corrected chi connectivity index (χ1v) is 11.4. The van der Waals surface area contributed by atoms with Crippen molar-refractivity contribution in [3.63, 3.8) is 0 Å². The van der Waals surface area contributed by atoms with Crippen LogP contribution in [-0.2, 0) is 14.8 Å². The predicted octanol–water partition coefficient (Wildman–Crippen LogP) is 1.80. The Labute approximate surface area is 169 Å². The van der Waals surface area contributed by atoms with Crippen LogP contribution in [0.5, 0.6) is 0 Å². The van der Waals surface area contributed by atoms with Gasteiger partial charge in [-0.2, -0.15) is 4.31 Å². The number of benzene rings is 1. The standard InChI is InChI=1S/C20H33N3O4S/c1-5-23(6-2)28(25,26)19-9-7-8-17(12-19)20(24)21-13-18-15-22(10-11-27-18)14-16(3)4/h7-9,12,16,18H,5-6,10-11,13-15H2,1-4H3,(H,21,24)/t18-/m1/s1. The number of carbonyl (C=O) groups excluding carboxylic acids is 1. The fourth-order valence-electron chi connectivity index (χ4n) is 3.41. The summed E-state index contributed by atoms with van der Waals surface area (Å²) in [6, 6.07) is 6.20. The Balaban J connectivity index is 2.00. The van der Waals surface area contributed by atoms with Crippen molar-refractivity contribution in [2.45, 2.75) is 38.7 Å². The average molecular weight is 412 g/mol. The number of nitrogens with one attached hydrogen (secondary N) is 1. The summed E-state index contributed by atoms with van der Waals surface area (Å²) in [6.45, 7) is 12.5. The molecule has 1 aromatic carbocycles. The summed E-state index contributed by atoms with van der Waals surface area (Å²) < 4.78 is 32.5. The van der Waals surface area contributed by atoms with E-state index in [2.05, 4.69) is 24.1 Å². The Morgan fingerprint density at radius 1 is 1.32 bits per heavy atom. The van der Waals surface area contributed by atoms with E-state index in [1.54, 1.807) is 26.0 Å². The monoisotopic (exact) mass is 411 g/mol. The van der Waals surface area contributed by atoms with Crippen molar-refractivity contribution >= 4 is 15.9 Å². The summed E-state index contributed by atoms with van der Waals surface area (Å²) in [4.78, 5) is 15.0. The van der Waals surface area contributed by atoms with Crippen LogP contribution in [0.15, 0.2) is 29.2 Å². The summed E-state index contributed by atoms with van der Waals surface area (Å²) in [5.74, 6) is 0.296. The maximum Gasteiger partial charge on any atom is 0.251 e. The van der Waals surface area contributed by atoms with Gasteiger partial charge in [-0.15, -0.1) is 0 Å². The molecule has 1 amide bonds. The molecular formula is C20H33N3O4S. The molecule has 1 heterocycles. The fraction of sp³-hybridized carbons (Fsp3) is 0.650. The van der Waals surface area contributed by atoms with Gasteiger partial charge in [-0.25, -0.2) is 8.42 Å². The minimum absolute atomic E-state index is 0.0564. The van der Waals surface area contributed by atoms with Crippen LogP contribution in [0, 0.1) is 5.92 Å². The number of hydrogen-bond acceptors (Lipinski definition) is 5. The molecule has 0 unspecified atom stereocenters. The summed E-state index contributed by atoms with van der Waals surface area (Å²) in [5.41, 5.74) is 0.336. The quantitative estimate of drug-likeness (QED) is 0.670. The summed E-state index contributed by atoms with van der Waals surface area (Å²) in [7, 11) is -3.59. The molecule has 1 fully saturated rings. The van der Waals surface area contributed by atoms with Gasteiger partial charge >= 0.3 is 0 Å². The van der Waals surface area contributed by atoms with Crippen molar-refractivity contribution in [2.24, 2.45) is 5.92 Å². The van der Waals surface area contributed by atoms with E-state index < -0.39 is 10.0 Å². The number of sulfonamides is 1. The third-order valence-corrected chi connectivity index (χ3v) is 6.82. The first-order chi connectivity index (χ1) is 13.3. The minimum Gasteiger partial charge on any atom is -0.374 e. The van der Waals surface area contributed by atoms with Crippen molar-refractivity contribution in [1.82, 2.24) is 14.5 Å². The van der Waals surface area contributed by atoms with Gasteiger partial charge in [-0.05, 0) is 24.1 Å². The summed E-state index contributed by atoms with van der Waals surface area (Å²) in [5, 5.41) is 2.88. The Morgan fingerprint density at radius 2 is 2.04 bits per heavy atom. The van der Waals surface area contributed by atoms with Crippen LogP contribution in [0.3, 0.4) is 0 Å². The van der Waals surface area contributed by atoms with E-state index >= 15 is 0 Å². The van der Waals surface area contributed by atoms with Crippen LogP contribution in [0.4, 0.5) is 0 Å². The molecule has 0 spiro atoms. The smallest absolute Gasteiger partial charge is 0.251 e. The van der Waals surface area contributed by atoms with Crippen molar-refractivity contribution in [1.29, 1.82) is 0 Å². The van der Waals surface area contributed by atoms with E-state index in [1.165, 1.54) is 16.4 Å². The molecule has 0 aromatic heterocycles. The van der Waals surface area contributed by atoms with Crippen LogP contribution in [0.1, 0.15) is 38.1 Å². The van der Waals surface area contributed by atoms with E-state index in [4.69, 9.17) is 4.74 Å². The van der Waals surface area contributed by atoms with Crippen molar-refractivity contribution < 1.29 is 17.9 Å². The third kappa shape index (κ3) is 6.01. The molecule has 158 valence electrons. The molecule has 1 aliphatic heterocycles. The maximum absolute atomic E-state index is 12.7. The summed E-state index contributed by atoms with van der Waals surface area (Å²) in [6.07, 6.45) is -0.0564. The van der Waals surface area contributed by atoms with E-state index in [0.29, 0.717) is 37.7 Å². The molecule has 1 N–H and O–H groups in total. The highest BCUT2D eigenvalue weighted by atomic mass is 32.2. The van der Waals surface area contributed by atoms with Gasteiger partial charge in [0.2, 0.25) is 10.0 Å². The highest BCUT2D eigenvalue weighted by Crippen LogP contribution is 2.17. The van der Waals surface area contributed by atoms with Gasteiger partial charge < -0.3 is 10.1 Å². The van der Waals surface area contributed by atoms with Crippen LogP contribution in [-0.4, -0.2) is 75.5 Å². The molecular weight excluding hydrogens is 378 g/mol. The van der Waals surface area contributed by atoms with E-state index in [9.17, 15) is 13.2 Å². The van der Waals surface area contributed by atoms with Crippen molar-refractivity contribution in [3.05, 3.63) is 29.8 Å². The van der Waals surface area contributed by atoms with Gasteiger partial charge in [-0.1, -0.05) is 33.8 Å². The topological polar surface area (TPSA) is 79.0 Å². The molecule has 1 saturated heterocycles. The lowest BCUT2D eigenvalue weighted by molar-refractivity contribution is -0.0295. The molecule has 7 nitrogen and oxygen atoms in total. The molecule has 8 heteroatoms. The Hall–Kier alpha value is -1.48. The Kier molecular flexibility index (Phi) is 8.42. The first-order valence-electron chi connectivity index (χ1n) is 10.00. The number of rotatable bonds is 9. The van der Waals surface area contributed by atoms with Crippen molar-refractivity contribution in [2.75, 3.05) is 45.9 Å². The molecule has 28 heavy (non-hydrogen) atoms. The van der Waals surface area contributed by atoms with Crippen LogP contribution >= 0.6 is 0 Å². The van der Waals surface area contributed by atoms with Crippen LogP contribution in [0.2, 0.25) is 0 Å². The summed E-state index contributed by atoms with van der Waals surface area (Å²) >= 11 is 0. The number of carbonyl (C=O) groups is 1. The predicted molar refractivity (Wildman–Crippen MR) is 110 cm³/mol.